The third-order valence-electron chi connectivity index (χ3n) is 3.30. The SMILES string of the molecule is Cc1cc(-c2ccc(F)c(F)c2)ncc1-c1cccnc1. The quantitative estimate of drug-likeness (QED) is 0.696. The highest BCUT2D eigenvalue weighted by Crippen LogP contribution is 2.26. The standard InChI is InChI=1S/C17H12F2N2/c1-11-7-17(12-4-5-15(18)16(19)8-12)21-10-14(11)13-3-2-6-20-9-13/h2-10H,1H3. The maximum Gasteiger partial charge on any atom is 0.159 e. The molecular formula is C17H12F2N2. The number of aryl methyl sites for hydroxylation is 1. The molecule has 3 rings (SSSR count). The molecule has 0 aliphatic rings. The van der Waals surface area contributed by atoms with Crippen LogP contribution in [0.4, 0.5) is 8.78 Å². The molecule has 104 valence electrons. The molecule has 2 nitrogen and oxygen atoms in total. The van der Waals surface area contributed by atoms with Crippen molar-refractivity contribution in [1.29, 1.82) is 0 Å². The molecule has 2 aromatic heterocycles. The van der Waals surface area contributed by atoms with E-state index in [1.54, 1.807) is 18.6 Å². The highest BCUT2D eigenvalue weighted by atomic mass is 19.2. The van der Waals surface area contributed by atoms with Crippen molar-refractivity contribution in [3.05, 3.63) is 72.2 Å². The number of hydrogen-bond donors (Lipinski definition) is 0. The van der Waals surface area contributed by atoms with E-state index in [-0.39, 0.29) is 0 Å². The summed E-state index contributed by atoms with van der Waals surface area (Å²) in [6, 6.07) is 9.45. The highest BCUT2D eigenvalue weighted by molar-refractivity contribution is 5.69. The van der Waals surface area contributed by atoms with Crippen LogP contribution in [0.25, 0.3) is 22.4 Å². The molecule has 0 atom stereocenters. The van der Waals surface area contributed by atoms with Gasteiger partial charge in [-0.25, -0.2) is 8.78 Å². The Labute approximate surface area is 121 Å². The summed E-state index contributed by atoms with van der Waals surface area (Å²) in [5, 5.41) is 0. The lowest BCUT2D eigenvalue weighted by atomic mass is 10.0. The van der Waals surface area contributed by atoms with E-state index in [0.717, 1.165) is 28.8 Å². The summed E-state index contributed by atoms with van der Waals surface area (Å²) in [7, 11) is 0. The third-order valence-corrected chi connectivity index (χ3v) is 3.30. The molecule has 0 aliphatic heterocycles. The number of nitrogens with zero attached hydrogens (tertiary/aromatic N) is 2. The summed E-state index contributed by atoms with van der Waals surface area (Å²) >= 11 is 0. The highest BCUT2D eigenvalue weighted by Gasteiger charge is 2.08. The second kappa shape index (κ2) is 5.40. The fraction of sp³-hybridized carbons (Fsp3) is 0.0588. The van der Waals surface area contributed by atoms with Crippen molar-refractivity contribution in [3.8, 4) is 22.4 Å². The topological polar surface area (TPSA) is 25.8 Å². The van der Waals surface area contributed by atoms with E-state index in [1.165, 1.54) is 6.07 Å². The van der Waals surface area contributed by atoms with Crippen molar-refractivity contribution in [3.63, 3.8) is 0 Å². The zero-order chi connectivity index (χ0) is 14.8. The molecule has 0 radical (unpaired) electrons. The van der Waals surface area contributed by atoms with Crippen LogP contribution >= 0.6 is 0 Å². The summed E-state index contributed by atoms with van der Waals surface area (Å²) in [6.07, 6.45) is 5.20. The minimum atomic E-state index is -0.872. The maximum absolute atomic E-state index is 13.3. The predicted molar refractivity (Wildman–Crippen MR) is 77.6 cm³/mol. The van der Waals surface area contributed by atoms with Crippen LogP contribution < -0.4 is 0 Å². The summed E-state index contributed by atoms with van der Waals surface area (Å²) in [6.45, 7) is 1.95. The Morgan fingerprint density at radius 3 is 2.43 bits per heavy atom. The van der Waals surface area contributed by atoms with Crippen LogP contribution in [0.15, 0.2) is 55.0 Å². The van der Waals surface area contributed by atoms with Gasteiger partial charge >= 0.3 is 0 Å². The Balaban J connectivity index is 2.03. The lowest BCUT2D eigenvalue weighted by Crippen LogP contribution is -1.91. The third kappa shape index (κ3) is 2.65. The van der Waals surface area contributed by atoms with Crippen molar-refractivity contribution in [2.75, 3.05) is 0 Å². The zero-order valence-corrected chi connectivity index (χ0v) is 11.3. The fourth-order valence-electron chi connectivity index (χ4n) is 2.19. The largest absolute Gasteiger partial charge is 0.264 e. The minimum Gasteiger partial charge on any atom is -0.264 e. The van der Waals surface area contributed by atoms with Crippen LogP contribution in [0, 0.1) is 18.6 Å². The fourth-order valence-corrected chi connectivity index (χ4v) is 2.19. The van der Waals surface area contributed by atoms with E-state index in [2.05, 4.69) is 9.97 Å². The summed E-state index contributed by atoms with van der Waals surface area (Å²) < 4.78 is 26.3. The predicted octanol–water partition coefficient (Wildman–Crippen LogP) is 4.40. The maximum atomic E-state index is 13.3. The van der Waals surface area contributed by atoms with E-state index in [0.29, 0.717) is 11.3 Å². The Hall–Kier alpha value is -2.62. The number of pyridine rings is 2. The molecule has 0 amide bonds. The molecular weight excluding hydrogens is 270 g/mol. The monoisotopic (exact) mass is 282 g/mol. The molecule has 0 unspecified atom stereocenters. The molecule has 0 saturated carbocycles. The molecule has 4 heteroatoms. The molecule has 0 fully saturated rings. The van der Waals surface area contributed by atoms with Gasteiger partial charge in [-0.3, -0.25) is 9.97 Å². The van der Waals surface area contributed by atoms with Crippen LogP contribution in [0.2, 0.25) is 0 Å². The minimum absolute atomic E-state index is 0.551. The summed E-state index contributed by atoms with van der Waals surface area (Å²) in [5.74, 6) is -1.73. The molecule has 2 heterocycles. The number of hydrogen-bond acceptors (Lipinski definition) is 2. The van der Waals surface area contributed by atoms with Crippen molar-refractivity contribution in [2.45, 2.75) is 6.92 Å². The average molecular weight is 282 g/mol. The lowest BCUT2D eigenvalue weighted by molar-refractivity contribution is 0.509. The first-order valence-electron chi connectivity index (χ1n) is 6.47. The van der Waals surface area contributed by atoms with Crippen molar-refractivity contribution in [2.24, 2.45) is 0 Å². The Morgan fingerprint density at radius 2 is 1.76 bits per heavy atom. The van der Waals surface area contributed by atoms with Gasteiger partial charge in [-0.05, 0) is 42.8 Å². The second-order valence-electron chi connectivity index (χ2n) is 4.76. The Bertz CT molecular complexity index is 786. The van der Waals surface area contributed by atoms with Crippen LogP contribution in [0.5, 0.6) is 0 Å². The van der Waals surface area contributed by atoms with E-state index >= 15 is 0 Å². The molecule has 3 aromatic rings. The summed E-state index contributed by atoms with van der Waals surface area (Å²) in [5.41, 5.74) is 4.10. The molecule has 1 aromatic carbocycles. The van der Waals surface area contributed by atoms with Gasteiger partial charge < -0.3 is 0 Å². The number of aromatic nitrogens is 2. The number of rotatable bonds is 2. The number of benzene rings is 1. The molecule has 0 bridgehead atoms. The second-order valence-corrected chi connectivity index (χ2v) is 4.76. The Morgan fingerprint density at radius 1 is 0.905 bits per heavy atom. The van der Waals surface area contributed by atoms with E-state index < -0.39 is 11.6 Å². The molecule has 0 N–H and O–H groups in total. The zero-order valence-electron chi connectivity index (χ0n) is 11.3. The van der Waals surface area contributed by atoms with Crippen LogP contribution in [0.3, 0.4) is 0 Å². The molecule has 21 heavy (non-hydrogen) atoms. The lowest BCUT2D eigenvalue weighted by Gasteiger charge is -2.08. The van der Waals surface area contributed by atoms with Crippen molar-refractivity contribution in [1.82, 2.24) is 9.97 Å². The summed E-state index contributed by atoms with van der Waals surface area (Å²) in [4.78, 5) is 8.43. The van der Waals surface area contributed by atoms with Gasteiger partial charge in [-0.2, -0.15) is 0 Å². The molecule has 0 spiro atoms. The van der Waals surface area contributed by atoms with Crippen LogP contribution in [0.1, 0.15) is 5.56 Å². The van der Waals surface area contributed by atoms with Gasteiger partial charge in [0.2, 0.25) is 0 Å². The van der Waals surface area contributed by atoms with Gasteiger partial charge in [0.1, 0.15) is 0 Å². The van der Waals surface area contributed by atoms with Gasteiger partial charge in [0.15, 0.2) is 11.6 Å². The van der Waals surface area contributed by atoms with Crippen LogP contribution in [-0.2, 0) is 0 Å². The van der Waals surface area contributed by atoms with Crippen molar-refractivity contribution < 1.29 is 8.78 Å². The van der Waals surface area contributed by atoms with Gasteiger partial charge in [0, 0.05) is 35.3 Å². The van der Waals surface area contributed by atoms with E-state index in [1.807, 2.05) is 25.1 Å². The molecule has 0 aliphatic carbocycles. The number of halogens is 2. The average Bonchev–Trinajstić information content (AvgIpc) is 2.51. The van der Waals surface area contributed by atoms with Crippen LogP contribution in [-0.4, -0.2) is 9.97 Å². The van der Waals surface area contributed by atoms with Gasteiger partial charge in [-0.15, -0.1) is 0 Å². The van der Waals surface area contributed by atoms with E-state index in [9.17, 15) is 8.78 Å². The van der Waals surface area contributed by atoms with Gasteiger partial charge in [0.25, 0.3) is 0 Å². The van der Waals surface area contributed by atoms with E-state index in [4.69, 9.17) is 0 Å². The smallest absolute Gasteiger partial charge is 0.159 e. The molecule has 0 saturated heterocycles. The first kappa shape index (κ1) is 13.4. The van der Waals surface area contributed by atoms with Gasteiger partial charge in [-0.1, -0.05) is 6.07 Å². The first-order valence-corrected chi connectivity index (χ1v) is 6.47. The van der Waals surface area contributed by atoms with Gasteiger partial charge in [0.05, 0.1) is 5.69 Å². The normalized spacial score (nSPS) is 10.6. The Kier molecular flexibility index (Phi) is 3.44. The first-order chi connectivity index (χ1) is 10.1. The van der Waals surface area contributed by atoms with Crippen molar-refractivity contribution >= 4 is 0 Å².